The molecule has 0 aromatic carbocycles. The molecule has 2 bridgehead atoms. The lowest BCUT2D eigenvalue weighted by Crippen LogP contribution is -2.70. The van der Waals surface area contributed by atoms with Crippen LogP contribution in [0.1, 0.15) is 114 Å². The van der Waals surface area contributed by atoms with Crippen LogP contribution in [0, 0.1) is 72.7 Å². The van der Waals surface area contributed by atoms with E-state index in [0.717, 1.165) is 25.7 Å². The molecular formula is C38H60BrN5O6. The first-order valence-electron chi connectivity index (χ1n) is 18.8. The molecule has 1 saturated heterocycles. The van der Waals surface area contributed by atoms with Gasteiger partial charge in [-0.3, -0.25) is 4.79 Å². The number of carbonyl (C=O) groups is 1. The lowest BCUT2D eigenvalue weighted by atomic mass is 9.34. The third-order valence-corrected chi connectivity index (χ3v) is 16.5. The molecule has 280 valence electrons. The fraction of sp³-hybridized carbons (Fsp3) is 0.868. The van der Waals surface area contributed by atoms with E-state index in [2.05, 4.69) is 94.4 Å². The van der Waals surface area contributed by atoms with Crippen molar-refractivity contribution in [2.24, 2.45) is 68.3 Å². The molecule has 2 heterocycles. The van der Waals surface area contributed by atoms with Gasteiger partial charge in [0.2, 0.25) is 0 Å². The van der Waals surface area contributed by atoms with Crippen LogP contribution < -0.4 is 5.73 Å². The van der Waals surface area contributed by atoms with Crippen LogP contribution in [0.5, 0.6) is 0 Å². The molecule has 4 aliphatic carbocycles. The molecule has 12 atom stereocenters. The van der Waals surface area contributed by atoms with Gasteiger partial charge in [-0.15, -0.1) is 0 Å². The minimum Gasteiger partial charge on any atom is -0.481 e. The van der Waals surface area contributed by atoms with E-state index in [9.17, 15) is 20.0 Å². The first-order chi connectivity index (χ1) is 23.1. The molecule has 0 spiro atoms. The topological polar surface area (TPSA) is 156 Å². The fourth-order valence-electron chi connectivity index (χ4n) is 12.1. The molecule has 11 nitrogen and oxygen atoms in total. The van der Waals surface area contributed by atoms with Crippen molar-refractivity contribution >= 4 is 27.8 Å². The van der Waals surface area contributed by atoms with Crippen molar-refractivity contribution < 1.29 is 24.3 Å². The Morgan fingerprint density at radius 3 is 2.44 bits per heavy atom. The average molecular weight is 763 g/mol. The van der Waals surface area contributed by atoms with Gasteiger partial charge in [0.05, 0.1) is 37.9 Å². The number of carboxylic acids is 1. The maximum atomic E-state index is 13.5. The predicted molar refractivity (Wildman–Crippen MR) is 194 cm³/mol. The van der Waals surface area contributed by atoms with Crippen LogP contribution >= 0.6 is 15.9 Å². The van der Waals surface area contributed by atoms with Gasteiger partial charge in [0.15, 0.2) is 0 Å². The van der Waals surface area contributed by atoms with Crippen molar-refractivity contribution in [3.05, 3.63) is 26.5 Å². The summed E-state index contributed by atoms with van der Waals surface area (Å²) < 4.78 is 15.8. The maximum absolute atomic E-state index is 13.5. The number of aliphatic carboxylic acids is 1. The third kappa shape index (κ3) is 5.22. The van der Waals surface area contributed by atoms with Crippen LogP contribution in [-0.4, -0.2) is 62.2 Å². The molecule has 5 aliphatic rings. The van der Waals surface area contributed by atoms with Gasteiger partial charge in [0.25, 0.3) is 4.73 Å². The number of nitro groups is 1. The van der Waals surface area contributed by atoms with E-state index in [4.69, 9.17) is 15.2 Å². The summed E-state index contributed by atoms with van der Waals surface area (Å²) in [7, 11) is 0. The molecule has 1 aliphatic heterocycles. The van der Waals surface area contributed by atoms with E-state index in [1.807, 2.05) is 6.92 Å². The summed E-state index contributed by atoms with van der Waals surface area (Å²) in [6.07, 6.45) is 7.04. The van der Waals surface area contributed by atoms with Crippen LogP contribution in [0.2, 0.25) is 0 Å². The Morgan fingerprint density at radius 2 is 1.86 bits per heavy atom. The van der Waals surface area contributed by atoms with Gasteiger partial charge in [-0.2, -0.15) is 4.68 Å². The van der Waals surface area contributed by atoms with Crippen molar-refractivity contribution in [2.75, 3.05) is 19.8 Å². The average Bonchev–Trinajstić information content (AvgIpc) is 3.41. The second-order valence-corrected chi connectivity index (χ2v) is 19.6. The molecule has 3 N–H and O–H groups in total. The summed E-state index contributed by atoms with van der Waals surface area (Å²) in [5.41, 5.74) is 5.71. The fourth-order valence-corrected chi connectivity index (χ4v) is 12.6. The zero-order chi connectivity index (χ0) is 37.0. The largest absolute Gasteiger partial charge is 0.492 e. The van der Waals surface area contributed by atoms with E-state index < -0.39 is 45.2 Å². The SMILES string of the molecule is CC(C)[C@@H](C)[C@@]1(C)CC[C@]2(C)[C@H]3CC[C@@H]4[C@@]5(C)COC[C@@]4(C3=CC[C@@]2(C)[C@@H]1C(=O)O)[C@@H](OC[C@](C)(N)C(C)C)[C@H](n1nc([N+](=O)[O-])nc1Br)C5. The summed E-state index contributed by atoms with van der Waals surface area (Å²) in [5, 5.41) is 27.4. The molecular weight excluding hydrogens is 702 g/mol. The molecule has 3 saturated carbocycles. The van der Waals surface area contributed by atoms with Gasteiger partial charge in [-0.05, 0) is 107 Å². The normalized spacial score (nSPS) is 42.9. The standard InChI is InChI=1S/C38H60BrN5O6/c1-21(2)23(5)34(7)15-16-35(8)24-11-12-27-33(6)17-26(43-31(39)41-32(42-43)44(47)48)29(50-19-37(10,40)22(3)4)38(27,20-49-18-33)25(24)13-14-36(35,9)28(34)30(45)46/h13,21-24,26-29H,11-12,14-20,40H2,1-10H3,(H,45,46)/t23-,24+,26-,27-,28-,29+,33-,34-,35-,36+,37+,38+/m1/s1. The number of nitrogens with two attached hydrogens (primary N) is 1. The number of fused-ring (bicyclic) bond motifs is 3. The quantitative estimate of drug-likeness (QED) is 0.145. The van der Waals surface area contributed by atoms with Gasteiger partial charge in [-0.25, -0.2) is 0 Å². The van der Waals surface area contributed by atoms with Crippen molar-refractivity contribution in [3.63, 3.8) is 0 Å². The van der Waals surface area contributed by atoms with Crippen molar-refractivity contribution in [1.82, 2.24) is 14.8 Å². The monoisotopic (exact) mass is 761 g/mol. The Bertz CT molecular complexity index is 1560. The smallest absolute Gasteiger partial charge is 0.481 e. The first-order valence-corrected chi connectivity index (χ1v) is 19.6. The lowest BCUT2D eigenvalue weighted by molar-refractivity contribution is -0.394. The van der Waals surface area contributed by atoms with Crippen molar-refractivity contribution in [2.45, 2.75) is 125 Å². The Hall–Kier alpha value is -1.89. The summed E-state index contributed by atoms with van der Waals surface area (Å²) >= 11 is 3.53. The van der Waals surface area contributed by atoms with Gasteiger partial charge in [0, 0.05) is 32.0 Å². The number of ether oxygens (including phenoxy) is 2. The summed E-state index contributed by atoms with van der Waals surface area (Å²) in [6, 6.07) is -0.368. The number of allylic oxidation sites excluding steroid dienone is 1. The number of aromatic nitrogens is 3. The zero-order valence-corrected chi connectivity index (χ0v) is 33.4. The highest BCUT2D eigenvalue weighted by atomic mass is 79.9. The minimum absolute atomic E-state index is 0.136. The van der Waals surface area contributed by atoms with E-state index in [1.165, 1.54) is 5.57 Å². The van der Waals surface area contributed by atoms with Crippen LogP contribution in [-0.2, 0) is 14.3 Å². The highest BCUT2D eigenvalue weighted by Crippen LogP contribution is 2.75. The van der Waals surface area contributed by atoms with E-state index in [0.29, 0.717) is 43.3 Å². The van der Waals surface area contributed by atoms with Gasteiger partial charge >= 0.3 is 11.9 Å². The molecule has 0 radical (unpaired) electrons. The first kappa shape index (κ1) is 37.9. The van der Waals surface area contributed by atoms with Crippen LogP contribution in [0.4, 0.5) is 5.95 Å². The minimum atomic E-state index is -0.682. The molecule has 0 amide bonds. The van der Waals surface area contributed by atoms with E-state index in [-0.39, 0.29) is 46.0 Å². The highest BCUT2D eigenvalue weighted by Gasteiger charge is 2.73. The molecule has 6 rings (SSSR count). The summed E-state index contributed by atoms with van der Waals surface area (Å²) in [4.78, 5) is 29.0. The van der Waals surface area contributed by atoms with Gasteiger partial charge in [0.1, 0.15) is 0 Å². The molecule has 50 heavy (non-hydrogen) atoms. The number of nitrogens with zero attached hydrogens (tertiary/aromatic N) is 4. The number of rotatable bonds is 9. The molecule has 1 aromatic heterocycles. The number of halogens is 1. The van der Waals surface area contributed by atoms with Crippen molar-refractivity contribution in [1.29, 1.82) is 0 Å². The van der Waals surface area contributed by atoms with E-state index in [1.54, 1.807) is 4.68 Å². The Morgan fingerprint density at radius 1 is 1.18 bits per heavy atom. The second kappa shape index (κ2) is 12.3. The van der Waals surface area contributed by atoms with Crippen LogP contribution in [0.3, 0.4) is 0 Å². The van der Waals surface area contributed by atoms with E-state index >= 15 is 0 Å². The third-order valence-electron chi connectivity index (χ3n) is 16.0. The Kier molecular flexibility index (Phi) is 9.34. The predicted octanol–water partition coefficient (Wildman–Crippen LogP) is 7.84. The van der Waals surface area contributed by atoms with Crippen molar-refractivity contribution in [3.8, 4) is 0 Å². The highest BCUT2D eigenvalue weighted by molar-refractivity contribution is 9.10. The van der Waals surface area contributed by atoms with Crippen LogP contribution in [0.15, 0.2) is 16.4 Å². The molecule has 4 fully saturated rings. The zero-order valence-electron chi connectivity index (χ0n) is 31.8. The lowest BCUT2D eigenvalue weighted by Gasteiger charge is -2.71. The van der Waals surface area contributed by atoms with Gasteiger partial charge < -0.3 is 30.4 Å². The Labute approximate surface area is 306 Å². The molecule has 1 aromatic rings. The number of hydrogen-bond acceptors (Lipinski definition) is 8. The number of carboxylic acid groups (broad SMARTS) is 1. The Balaban J connectivity index is 1.54. The molecule has 12 heteroatoms. The van der Waals surface area contributed by atoms with Gasteiger partial charge in [-0.1, -0.05) is 74.0 Å². The maximum Gasteiger partial charge on any atom is 0.492 e. The summed E-state index contributed by atoms with van der Waals surface area (Å²) in [6.45, 7) is 23.4. The molecule has 0 unspecified atom stereocenters. The second-order valence-electron chi connectivity index (χ2n) is 18.9. The summed E-state index contributed by atoms with van der Waals surface area (Å²) in [5.74, 6) is -0.468. The van der Waals surface area contributed by atoms with Crippen LogP contribution in [0.25, 0.3) is 0 Å². The number of hydrogen-bond donors (Lipinski definition) is 2.